The van der Waals surface area contributed by atoms with Crippen LogP contribution in [0.1, 0.15) is 15.9 Å². The standard InChI is InChI=1S/C16H10Cl3FN2O2/c17-9-4-6-13(19)11(8-9)16(24)22-21-15(23)7-5-10-12(18)2-1-3-14(10)20/h1-8H,(H,21,23)(H,22,24)/b7-5+. The fourth-order valence-corrected chi connectivity index (χ4v) is 2.33. The van der Waals surface area contributed by atoms with E-state index in [1.807, 2.05) is 0 Å². The van der Waals surface area contributed by atoms with E-state index in [-0.39, 0.29) is 21.2 Å². The maximum absolute atomic E-state index is 13.6. The Morgan fingerprint density at radius 3 is 2.46 bits per heavy atom. The number of halogens is 4. The van der Waals surface area contributed by atoms with Gasteiger partial charge in [-0.2, -0.15) is 0 Å². The Morgan fingerprint density at radius 2 is 1.75 bits per heavy atom. The van der Waals surface area contributed by atoms with Crippen molar-refractivity contribution in [3.63, 3.8) is 0 Å². The van der Waals surface area contributed by atoms with Crippen LogP contribution < -0.4 is 10.9 Å². The highest BCUT2D eigenvalue weighted by atomic mass is 35.5. The Labute approximate surface area is 152 Å². The average molecular weight is 388 g/mol. The Bertz CT molecular complexity index is 805. The third-order valence-corrected chi connectivity index (χ3v) is 3.77. The molecule has 8 heteroatoms. The second-order valence-electron chi connectivity index (χ2n) is 4.54. The number of hydrogen-bond acceptors (Lipinski definition) is 2. The van der Waals surface area contributed by atoms with Gasteiger partial charge < -0.3 is 0 Å². The minimum absolute atomic E-state index is 0.0681. The number of amides is 2. The second-order valence-corrected chi connectivity index (χ2v) is 5.79. The van der Waals surface area contributed by atoms with Crippen LogP contribution in [0, 0.1) is 5.82 Å². The van der Waals surface area contributed by atoms with Gasteiger partial charge in [-0.25, -0.2) is 4.39 Å². The van der Waals surface area contributed by atoms with Gasteiger partial charge in [-0.15, -0.1) is 0 Å². The summed E-state index contributed by atoms with van der Waals surface area (Å²) in [5.74, 6) is -1.89. The fourth-order valence-electron chi connectivity index (χ4n) is 1.73. The number of nitrogens with one attached hydrogen (secondary N) is 2. The normalized spacial score (nSPS) is 10.7. The highest BCUT2D eigenvalue weighted by Gasteiger charge is 2.11. The Kier molecular flexibility index (Phi) is 6.20. The number of hydrogen-bond donors (Lipinski definition) is 2. The predicted octanol–water partition coefficient (Wildman–Crippen LogP) is 4.26. The molecule has 0 saturated heterocycles. The Balaban J connectivity index is 1.99. The molecule has 0 aliphatic rings. The van der Waals surface area contributed by atoms with E-state index in [0.29, 0.717) is 5.02 Å². The van der Waals surface area contributed by atoms with Crippen molar-refractivity contribution in [3.8, 4) is 0 Å². The predicted molar refractivity (Wildman–Crippen MR) is 92.5 cm³/mol. The molecule has 24 heavy (non-hydrogen) atoms. The molecule has 2 N–H and O–H groups in total. The van der Waals surface area contributed by atoms with E-state index in [2.05, 4.69) is 10.9 Å². The van der Waals surface area contributed by atoms with Gasteiger partial charge in [0.1, 0.15) is 5.82 Å². The third-order valence-electron chi connectivity index (χ3n) is 2.87. The fraction of sp³-hybridized carbons (Fsp3) is 0. The lowest BCUT2D eigenvalue weighted by Crippen LogP contribution is -2.40. The molecule has 2 aromatic carbocycles. The first-order valence-electron chi connectivity index (χ1n) is 6.56. The summed E-state index contributed by atoms with van der Waals surface area (Å²) in [4.78, 5) is 23.6. The molecule has 0 unspecified atom stereocenters. The Morgan fingerprint density at radius 1 is 1.00 bits per heavy atom. The van der Waals surface area contributed by atoms with Gasteiger partial charge in [0.2, 0.25) is 0 Å². The lowest BCUT2D eigenvalue weighted by molar-refractivity contribution is -0.117. The Hall–Kier alpha value is -2.08. The second kappa shape index (κ2) is 8.15. The summed E-state index contributed by atoms with van der Waals surface area (Å²) in [6.07, 6.45) is 2.23. The first kappa shape index (κ1) is 18.3. The highest BCUT2D eigenvalue weighted by molar-refractivity contribution is 6.35. The molecule has 2 amide bonds. The lowest BCUT2D eigenvalue weighted by atomic mass is 10.2. The van der Waals surface area contributed by atoms with E-state index in [1.165, 1.54) is 42.5 Å². The summed E-state index contributed by atoms with van der Waals surface area (Å²) in [7, 11) is 0. The van der Waals surface area contributed by atoms with Crippen molar-refractivity contribution in [1.29, 1.82) is 0 Å². The SMILES string of the molecule is O=C(/C=C/c1c(F)cccc1Cl)NNC(=O)c1cc(Cl)ccc1Cl. The molecular weight excluding hydrogens is 378 g/mol. The maximum atomic E-state index is 13.6. The average Bonchev–Trinajstić information content (AvgIpc) is 2.54. The number of benzene rings is 2. The van der Waals surface area contributed by atoms with Crippen LogP contribution in [0.3, 0.4) is 0 Å². The van der Waals surface area contributed by atoms with Crippen LogP contribution in [0.5, 0.6) is 0 Å². The minimum Gasteiger partial charge on any atom is -0.268 e. The zero-order valence-corrected chi connectivity index (χ0v) is 14.2. The number of rotatable bonds is 3. The van der Waals surface area contributed by atoms with Crippen LogP contribution in [-0.2, 0) is 4.79 Å². The number of carbonyl (C=O) groups is 2. The first-order valence-corrected chi connectivity index (χ1v) is 7.69. The van der Waals surface area contributed by atoms with Crippen molar-refractivity contribution in [3.05, 3.63) is 74.5 Å². The van der Waals surface area contributed by atoms with E-state index in [4.69, 9.17) is 34.8 Å². The quantitative estimate of drug-likeness (QED) is 0.611. The molecule has 0 heterocycles. The summed E-state index contributed by atoms with van der Waals surface area (Å²) in [6, 6.07) is 8.50. The van der Waals surface area contributed by atoms with Crippen molar-refractivity contribution in [2.45, 2.75) is 0 Å². The van der Waals surface area contributed by atoms with Crippen molar-refractivity contribution in [2.24, 2.45) is 0 Å². The molecule has 2 rings (SSSR count). The monoisotopic (exact) mass is 386 g/mol. The largest absolute Gasteiger partial charge is 0.271 e. The molecule has 0 saturated carbocycles. The summed E-state index contributed by atoms with van der Waals surface area (Å²) in [5.41, 5.74) is 4.49. The molecule has 4 nitrogen and oxygen atoms in total. The van der Waals surface area contributed by atoms with Crippen molar-refractivity contribution < 1.29 is 14.0 Å². The van der Waals surface area contributed by atoms with Crippen molar-refractivity contribution in [2.75, 3.05) is 0 Å². The van der Waals surface area contributed by atoms with Gasteiger partial charge in [-0.1, -0.05) is 40.9 Å². The van der Waals surface area contributed by atoms with Crippen molar-refractivity contribution >= 4 is 52.7 Å². The van der Waals surface area contributed by atoms with Crippen molar-refractivity contribution in [1.82, 2.24) is 10.9 Å². The number of hydrazine groups is 1. The van der Waals surface area contributed by atoms with Crippen LogP contribution in [0.25, 0.3) is 6.08 Å². The van der Waals surface area contributed by atoms with E-state index in [0.717, 1.165) is 6.08 Å². The first-order chi connectivity index (χ1) is 11.4. The van der Waals surface area contributed by atoms with Gasteiger partial charge in [-0.3, -0.25) is 20.4 Å². The van der Waals surface area contributed by atoms with Crippen LogP contribution in [0.15, 0.2) is 42.5 Å². The van der Waals surface area contributed by atoms with E-state index in [1.54, 1.807) is 0 Å². The molecule has 0 fully saturated rings. The molecule has 0 radical (unpaired) electrons. The van der Waals surface area contributed by atoms with Crippen LogP contribution in [0.4, 0.5) is 4.39 Å². The molecule has 0 aromatic heterocycles. The third kappa shape index (κ3) is 4.71. The summed E-state index contributed by atoms with van der Waals surface area (Å²) >= 11 is 17.5. The molecule has 0 aliphatic carbocycles. The topological polar surface area (TPSA) is 58.2 Å². The molecule has 0 spiro atoms. The van der Waals surface area contributed by atoms with Gasteiger partial charge in [0.15, 0.2) is 0 Å². The number of carbonyl (C=O) groups excluding carboxylic acids is 2. The molecule has 0 bridgehead atoms. The molecule has 0 aliphatic heterocycles. The van der Waals surface area contributed by atoms with Gasteiger partial charge in [0, 0.05) is 16.7 Å². The van der Waals surface area contributed by atoms with E-state index < -0.39 is 17.6 Å². The van der Waals surface area contributed by atoms with E-state index >= 15 is 0 Å². The molecular formula is C16H10Cl3FN2O2. The maximum Gasteiger partial charge on any atom is 0.271 e. The highest BCUT2D eigenvalue weighted by Crippen LogP contribution is 2.21. The molecule has 124 valence electrons. The van der Waals surface area contributed by atoms with Gasteiger partial charge in [-0.05, 0) is 36.4 Å². The zero-order valence-electron chi connectivity index (χ0n) is 11.9. The summed E-state index contributed by atoms with van der Waals surface area (Å²) in [6.45, 7) is 0. The van der Waals surface area contributed by atoms with Gasteiger partial charge in [0.05, 0.1) is 15.6 Å². The minimum atomic E-state index is -0.680. The summed E-state index contributed by atoms with van der Waals surface area (Å²) in [5, 5.41) is 0.665. The van der Waals surface area contributed by atoms with Crippen LogP contribution in [-0.4, -0.2) is 11.8 Å². The van der Waals surface area contributed by atoms with E-state index in [9.17, 15) is 14.0 Å². The smallest absolute Gasteiger partial charge is 0.268 e. The molecule has 0 atom stereocenters. The zero-order chi connectivity index (χ0) is 17.7. The van der Waals surface area contributed by atoms with Gasteiger partial charge in [0.25, 0.3) is 11.8 Å². The lowest BCUT2D eigenvalue weighted by Gasteiger charge is -2.07. The van der Waals surface area contributed by atoms with Gasteiger partial charge >= 0.3 is 0 Å². The molecule has 2 aromatic rings. The van der Waals surface area contributed by atoms with Crippen LogP contribution in [0.2, 0.25) is 15.1 Å². The summed E-state index contributed by atoms with van der Waals surface area (Å²) < 4.78 is 13.6. The van der Waals surface area contributed by atoms with Crippen LogP contribution >= 0.6 is 34.8 Å².